The number of benzene rings is 6. The Balaban J connectivity index is 1.30. The summed E-state index contributed by atoms with van der Waals surface area (Å²) in [4.78, 5) is 14.8. The first kappa shape index (κ1) is 31.7. The molecule has 7 rings (SSSR count). The predicted octanol–water partition coefficient (Wildman–Crippen LogP) is 10.2. The molecule has 49 heavy (non-hydrogen) atoms. The average molecular weight is 663 g/mol. The third-order valence-electron chi connectivity index (χ3n) is 7.99. The van der Waals surface area contributed by atoms with E-state index in [1.54, 1.807) is 6.07 Å². The Morgan fingerprint density at radius 2 is 0.878 bits per heavy atom. The van der Waals surface area contributed by atoms with Crippen LogP contribution >= 0.6 is 11.3 Å². The highest BCUT2D eigenvalue weighted by Crippen LogP contribution is 2.44. The molecule has 0 fully saturated rings. The van der Waals surface area contributed by atoms with E-state index in [-0.39, 0.29) is 5.43 Å². The van der Waals surface area contributed by atoms with Crippen LogP contribution in [0.2, 0.25) is 0 Å². The van der Waals surface area contributed by atoms with Crippen molar-refractivity contribution in [1.82, 2.24) is 0 Å². The highest BCUT2D eigenvalue weighted by atomic mass is 32.1. The Kier molecular flexibility index (Phi) is 9.95. The molecular weight excluding hydrogens is 629 g/mol. The van der Waals surface area contributed by atoms with E-state index in [0.717, 1.165) is 32.7 Å². The van der Waals surface area contributed by atoms with Gasteiger partial charge in [0, 0.05) is 16.5 Å². The van der Waals surface area contributed by atoms with Crippen molar-refractivity contribution in [3.8, 4) is 33.4 Å². The van der Waals surface area contributed by atoms with Gasteiger partial charge in [-0.05, 0) is 46.5 Å². The molecule has 0 N–H and O–H groups in total. The monoisotopic (exact) mass is 662 g/mol. The van der Waals surface area contributed by atoms with Crippen LogP contribution in [0.4, 0.5) is 0 Å². The summed E-state index contributed by atoms with van der Waals surface area (Å²) in [6.07, 6.45) is 0. The molecule has 0 bridgehead atoms. The Bertz CT molecular complexity index is 2180. The van der Waals surface area contributed by atoms with E-state index in [9.17, 15) is 4.79 Å². The lowest BCUT2D eigenvalue weighted by Crippen LogP contribution is -2.06. The van der Waals surface area contributed by atoms with Gasteiger partial charge in [-0.2, -0.15) is 0 Å². The number of rotatable bonds is 13. The average Bonchev–Trinajstić information content (AvgIpc) is 3.16. The second-order valence-electron chi connectivity index (χ2n) is 11.5. The standard InChI is InChI=1S/C43H34O5S/c44-36-26-40(35-22-13-23-38(46-28-32-16-7-2-8-17-32)42(35)48-30-34-20-11-4-12-21-34)49-43-39(47-29-33-18-9-3-10-19-33)25-24-37(41(36)43)45-27-31-14-5-1-6-15-31/h1-26H,27-30H2. The van der Waals surface area contributed by atoms with Crippen LogP contribution in [0, 0.1) is 0 Å². The molecule has 0 saturated carbocycles. The third-order valence-corrected chi connectivity index (χ3v) is 9.15. The quantitative estimate of drug-likeness (QED) is 0.123. The van der Waals surface area contributed by atoms with E-state index in [1.165, 1.54) is 11.3 Å². The molecule has 7 aromatic rings. The van der Waals surface area contributed by atoms with Gasteiger partial charge in [0.1, 0.15) is 37.9 Å². The van der Waals surface area contributed by atoms with Gasteiger partial charge < -0.3 is 18.9 Å². The second kappa shape index (κ2) is 15.4. The van der Waals surface area contributed by atoms with E-state index in [1.807, 2.05) is 152 Å². The van der Waals surface area contributed by atoms with Crippen molar-refractivity contribution in [2.24, 2.45) is 0 Å². The minimum Gasteiger partial charge on any atom is -0.488 e. The molecule has 1 aromatic heterocycles. The van der Waals surface area contributed by atoms with Crippen LogP contribution in [-0.2, 0) is 26.4 Å². The van der Waals surface area contributed by atoms with Crippen molar-refractivity contribution in [2.45, 2.75) is 26.4 Å². The summed E-state index contributed by atoms with van der Waals surface area (Å²) in [5.74, 6) is 2.29. The normalized spacial score (nSPS) is 10.9. The molecule has 242 valence electrons. The number of hydrogen-bond acceptors (Lipinski definition) is 6. The van der Waals surface area contributed by atoms with Gasteiger partial charge in [-0.15, -0.1) is 11.3 Å². The van der Waals surface area contributed by atoms with E-state index in [4.69, 9.17) is 18.9 Å². The summed E-state index contributed by atoms with van der Waals surface area (Å²) in [5, 5.41) is 0.485. The molecule has 0 unspecified atom stereocenters. The van der Waals surface area contributed by atoms with Crippen molar-refractivity contribution >= 4 is 21.4 Å². The van der Waals surface area contributed by atoms with Crippen molar-refractivity contribution in [1.29, 1.82) is 0 Å². The maximum Gasteiger partial charge on any atom is 0.192 e. The van der Waals surface area contributed by atoms with Crippen molar-refractivity contribution < 1.29 is 18.9 Å². The first-order valence-electron chi connectivity index (χ1n) is 16.1. The Hall–Kier alpha value is -5.85. The minimum absolute atomic E-state index is 0.165. The van der Waals surface area contributed by atoms with Crippen LogP contribution in [0.5, 0.6) is 23.0 Å². The molecular formula is C43H34O5S. The van der Waals surface area contributed by atoms with Gasteiger partial charge in [-0.1, -0.05) is 127 Å². The predicted molar refractivity (Wildman–Crippen MR) is 197 cm³/mol. The molecule has 0 aliphatic carbocycles. The van der Waals surface area contributed by atoms with Gasteiger partial charge in [-0.25, -0.2) is 0 Å². The number of ether oxygens (including phenoxy) is 4. The van der Waals surface area contributed by atoms with Crippen molar-refractivity contribution in [3.63, 3.8) is 0 Å². The molecule has 6 aromatic carbocycles. The number of fused-ring (bicyclic) bond motifs is 1. The zero-order valence-corrected chi connectivity index (χ0v) is 27.6. The first-order chi connectivity index (χ1) is 24.2. The largest absolute Gasteiger partial charge is 0.488 e. The third kappa shape index (κ3) is 7.83. The number of hydrogen-bond donors (Lipinski definition) is 0. The topological polar surface area (TPSA) is 54.0 Å². The van der Waals surface area contributed by atoms with E-state index in [0.29, 0.717) is 59.5 Å². The van der Waals surface area contributed by atoms with Crippen LogP contribution in [-0.4, -0.2) is 0 Å². The lowest BCUT2D eigenvalue weighted by atomic mass is 10.1. The lowest BCUT2D eigenvalue weighted by Gasteiger charge is -2.18. The zero-order chi connectivity index (χ0) is 33.3. The number of para-hydroxylation sites is 1. The summed E-state index contributed by atoms with van der Waals surface area (Å²) in [6.45, 7) is 1.41. The highest BCUT2D eigenvalue weighted by Gasteiger charge is 2.20. The van der Waals surface area contributed by atoms with Gasteiger partial charge in [0.2, 0.25) is 0 Å². The summed E-state index contributed by atoms with van der Waals surface area (Å²) >= 11 is 1.47. The molecule has 0 spiro atoms. The summed E-state index contributed by atoms with van der Waals surface area (Å²) in [7, 11) is 0. The lowest BCUT2D eigenvalue weighted by molar-refractivity contribution is 0.257. The van der Waals surface area contributed by atoms with Gasteiger partial charge in [0.05, 0.1) is 10.1 Å². The Labute approximate surface area is 289 Å². The molecule has 0 aliphatic heterocycles. The van der Waals surface area contributed by atoms with Crippen molar-refractivity contribution in [2.75, 3.05) is 0 Å². The molecule has 5 nitrogen and oxygen atoms in total. The van der Waals surface area contributed by atoms with E-state index < -0.39 is 0 Å². The fourth-order valence-corrected chi connectivity index (χ4v) is 6.67. The zero-order valence-electron chi connectivity index (χ0n) is 26.8. The fourth-order valence-electron chi connectivity index (χ4n) is 5.49. The maximum atomic E-state index is 14.1. The van der Waals surface area contributed by atoms with E-state index in [2.05, 4.69) is 0 Å². The van der Waals surface area contributed by atoms with Crippen LogP contribution in [0.1, 0.15) is 22.3 Å². The van der Waals surface area contributed by atoms with Crippen LogP contribution < -0.4 is 24.4 Å². The molecule has 1 heterocycles. The molecule has 0 atom stereocenters. The van der Waals surface area contributed by atoms with Gasteiger partial charge in [-0.3, -0.25) is 4.79 Å². The van der Waals surface area contributed by atoms with Crippen LogP contribution in [0.3, 0.4) is 0 Å². The van der Waals surface area contributed by atoms with Gasteiger partial charge in [0.25, 0.3) is 0 Å². The minimum atomic E-state index is -0.165. The Morgan fingerprint density at radius 3 is 1.41 bits per heavy atom. The molecule has 0 saturated heterocycles. The molecule has 0 amide bonds. The fraction of sp³-hybridized carbons (Fsp3) is 0.0930. The highest BCUT2D eigenvalue weighted by molar-refractivity contribution is 7.22. The summed E-state index contributed by atoms with van der Waals surface area (Å²) in [5.41, 5.74) is 4.70. The smallest absolute Gasteiger partial charge is 0.192 e. The van der Waals surface area contributed by atoms with Gasteiger partial charge in [0.15, 0.2) is 16.9 Å². The molecule has 6 heteroatoms. The second-order valence-corrected chi connectivity index (χ2v) is 12.5. The molecule has 0 radical (unpaired) electrons. The summed E-state index contributed by atoms with van der Waals surface area (Å²) < 4.78 is 26.2. The summed E-state index contributed by atoms with van der Waals surface area (Å²) in [6, 6.07) is 51.1. The SMILES string of the molecule is O=c1cc(-c2cccc(OCc3ccccc3)c2OCc2ccccc2)sc2c(OCc3ccccc3)ccc(OCc3ccccc3)c12. The van der Waals surface area contributed by atoms with Gasteiger partial charge >= 0.3 is 0 Å². The van der Waals surface area contributed by atoms with Crippen molar-refractivity contribution in [3.05, 3.63) is 190 Å². The maximum absolute atomic E-state index is 14.1. The van der Waals surface area contributed by atoms with Crippen LogP contribution in [0.25, 0.3) is 20.5 Å². The molecule has 0 aliphatic rings. The van der Waals surface area contributed by atoms with E-state index >= 15 is 0 Å². The van der Waals surface area contributed by atoms with Crippen LogP contribution in [0.15, 0.2) is 163 Å². The Morgan fingerprint density at radius 1 is 0.429 bits per heavy atom. The first-order valence-corrected chi connectivity index (χ1v) is 16.9.